The van der Waals surface area contributed by atoms with E-state index in [4.69, 9.17) is 0 Å². The molecule has 1 aromatic heterocycles. The summed E-state index contributed by atoms with van der Waals surface area (Å²) < 4.78 is 0. The molecular weight excluding hydrogens is 228 g/mol. The number of thiophene rings is 1. The predicted molar refractivity (Wildman–Crippen MR) is 75.5 cm³/mol. The zero-order valence-corrected chi connectivity index (χ0v) is 11.1. The highest BCUT2D eigenvalue weighted by Gasteiger charge is 1.98. The maximum absolute atomic E-state index is 3.45. The fourth-order valence-electron chi connectivity index (χ4n) is 1.75. The van der Waals surface area contributed by atoms with Gasteiger partial charge in [-0.1, -0.05) is 18.2 Å². The lowest BCUT2D eigenvalue weighted by atomic mass is 10.2. The molecule has 1 aromatic carbocycles. The van der Waals surface area contributed by atoms with Crippen molar-refractivity contribution in [2.24, 2.45) is 0 Å². The molecule has 0 aliphatic heterocycles. The maximum Gasteiger partial charge on any atom is 0.0494 e. The number of hydrogen-bond acceptors (Lipinski definition) is 3. The van der Waals surface area contributed by atoms with E-state index >= 15 is 0 Å². The van der Waals surface area contributed by atoms with Gasteiger partial charge in [0.05, 0.1) is 0 Å². The van der Waals surface area contributed by atoms with Crippen molar-refractivity contribution in [2.45, 2.75) is 13.1 Å². The van der Waals surface area contributed by atoms with E-state index in [1.807, 2.05) is 0 Å². The molecule has 3 heteroatoms. The second kappa shape index (κ2) is 5.84. The Kier molecular flexibility index (Phi) is 4.18. The molecule has 0 amide bonds. The number of anilines is 1. The van der Waals surface area contributed by atoms with Crippen LogP contribution in [0.25, 0.3) is 0 Å². The molecule has 0 atom stereocenters. The smallest absolute Gasteiger partial charge is 0.0494 e. The lowest BCUT2D eigenvalue weighted by Gasteiger charge is -2.11. The summed E-state index contributed by atoms with van der Waals surface area (Å²) >= 11 is 1.79. The van der Waals surface area contributed by atoms with Crippen molar-refractivity contribution in [1.82, 2.24) is 4.90 Å². The summed E-state index contributed by atoms with van der Waals surface area (Å²) in [5, 5.41) is 5.56. The van der Waals surface area contributed by atoms with Crippen molar-refractivity contribution < 1.29 is 0 Å². The van der Waals surface area contributed by atoms with Gasteiger partial charge in [0, 0.05) is 23.7 Å². The Balaban J connectivity index is 1.96. The first-order valence-corrected chi connectivity index (χ1v) is 6.62. The van der Waals surface area contributed by atoms with Crippen molar-refractivity contribution in [3.05, 3.63) is 52.2 Å². The SMILES string of the molecule is CN(C)Cc1cccc(NCc2cccs2)c1. The molecule has 1 N–H and O–H groups in total. The van der Waals surface area contributed by atoms with Gasteiger partial charge in [0.25, 0.3) is 0 Å². The van der Waals surface area contributed by atoms with E-state index in [1.54, 1.807) is 11.3 Å². The van der Waals surface area contributed by atoms with E-state index in [0.717, 1.165) is 13.1 Å². The minimum Gasteiger partial charge on any atom is -0.380 e. The van der Waals surface area contributed by atoms with Crippen LogP contribution in [0.5, 0.6) is 0 Å². The number of nitrogens with zero attached hydrogens (tertiary/aromatic N) is 1. The molecule has 0 spiro atoms. The molecule has 0 bridgehead atoms. The molecule has 2 nitrogen and oxygen atoms in total. The van der Waals surface area contributed by atoms with Gasteiger partial charge in [-0.25, -0.2) is 0 Å². The standard InChI is InChI=1S/C14H18N2S/c1-16(2)11-12-5-3-6-13(9-12)15-10-14-7-4-8-17-14/h3-9,15H,10-11H2,1-2H3. The van der Waals surface area contributed by atoms with Gasteiger partial charge >= 0.3 is 0 Å². The molecule has 90 valence electrons. The van der Waals surface area contributed by atoms with Gasteiger partial charge in [-0.05, 0) is 43.2 Å². The van der Waals surface area contributed by atoms with Crippen LogP contribution in [0.4, 0.5) is 5.69 Å². The number of benzene rings is 1. The number of rotatable bonds is 5. The largest absolute Gasteiger partial charge is 0.380 e. The zero-order chi connectivity index (χ0) is 12.1. The second-order valence-corrected chi connectivity index (χ2v) is 5.40. The molecule has 0 fully saturated rings. The molecule has 0 saturated carbocycles. The molecule has 0 saturated heterocycles. The predicted octanol–water partition coefficient (Wildman–Crippen LogP) is 3.42. The van der Waals surface area contributed by atoms with Crippen LogP contribution >= 0.6 is 11.3 Å². The van der Waals surface area contributed by atoms with Crippen molar-refractivity contribution >= 4 is 17.0 Å². The molecule has 0 unspecified atom stereocenters. The van der Waals surface area contributed by atoms with E-state index in [9.17, 15) is 0 Å². The van der Waals surface area contributed by atoms with E-state index in [0.29, 0.717) is 0 Å². The van der Waals surface area contributed by atoms with Crippen LogP contribution < -0.4 is 5.32 Å². The molecule has 0 aliphatic carbocycles. The molecule has 2 rings (SSSR count). The quantitative estimate of drug-likeness (QED) is 0.869. The third kappa shape index (κ3) is 3.88. The average Bonchev–Trinajstić information content (AvgIpc) is 2.79. The van der Waals surface area contributed by atoms with Crippen molar-refractivity contribution in [2.75, 3.05) is 19.4 Å². The van der Waals surface area contributed by atoms with E-state index in [-0.39, 0.29) is 0 Å². The second-order valence-electron chi connectivity index (χ2n) is 4.37. The monoisotopic (exact) mass is 246 g/mol. The fourth-order valence-corrected chi connectivity index (χ4v) is 2.39. The molecular formula is C14H18N2S. The van der Waals surface area contributed by atoms with Gasteiger partial charge in [0.1, 0.15) is 0 Å². The first kappa shape index (κ1) is 12.1. The van der Waals surface area contributed by atoms with Gasteiger partial charge in [0.2, 0.25) is 0 Å². The Labute approximate surface area is 107 Å². The third-order valence-electron chi connectivity index (χ3n) is 2.47. The van der Waals surface area contributed by atoms with Crippen molar-refractivity contribution in [1.29, 1.82) is 0 Å². The summed E-state index contributed by atoms with van der Waals surface area (Å²) in [4.78, 5) is 3.54. The minimum atomic E-state index is 0.906. The van der Waals surface area contributed by atoms with Crippen molar-refractivity contribution in [3.63, 3.8) is 0 Å². The first-order chi connectivity index (χ1) is 8.24. The molecule has 17 heavy (non-hydrogen) atoms. The Morgan fingerprint density at radius 1 is 1.18 bits per heavy atom. The van der Waals surface area contributed by atoms with Crippen LogP contribution in [0.15, 0.2) is 41.8 Å². The maximum atomic E-state index is 3.45. The van der Waals surface area contributed by atoms with Gasteiger partial charge in [-0.2, -0.15) is 0 Å². The van der Waals surface area contributed by atoms with Gasteiger partial charge in [-0.3, -0.25) is 0 Å². The summed E-state index contributed by atoms with van der Waals surface area (Å²) in [7, 11) is 4.18. The summed E-state index contributed by atoms with van der Waals surface area (Å²) in [6.45, 7) is 1.89. The Morgan fingerprint density at radius 3 is 2.76 bits per heavy atom. The van der Waals surface area contributed by atoms with Gasteiger partial charge in [0.15, 0.2) is 0 Å². The van der Waals surface area contributed by atoms with E-state index < -0.39 is 0 Å². The lowest BCUT2D eigenvalue weighted by Crippen LogP contribution is -2.10. The van der Waals surface area contributed by atoms with Crippen LogP contribution in [0, 0.1) is 0 Å². The highest BCUT2D eigenvalue weighted by Crippen LogP contribution is 2.15. The van der Waals surface area contributed by atoms with Gasteiger partial charge in [-0.15, -0.1) is 11.3 Å². The minimum absolute atomic E-state index is 0.906. The normalized spacial score (nSPS) is 10.8. The molecule has 0 radical (unpaired) electrons. The zero-order valence-electron chi connectivity index (χ0n) is 10.3. The van der Waals surface area contributed by atoms with E-state index in [1.165, 1.54) is 16.1 Å². The van der Waals surface area contributed by atoms with Crippen LogP contribution in [0.2, 0.25) is 0 Å². The summed E-state index contributed by atoms with van der Waals surface area (Å²) in [6, 6.07) is 12.8. The summed E-state index contributed by atoms with van der Waals surface area (Å²) in [5.74, 6) is 0. The van der Waals surface area contributed by atoms with Crippen LogP contribution in [0.1, 0.15) is 10.4 Å². The first-order valence-electron chi connectivity index (χ1n) is 5.74. The van der Waals surface area contributed by atoms with Crippen LogP contribution in [-0.2, 0) is 13.1 Å². The number of nitrogens with one attached hydrogen (secondary N) is 1. The Bertz CT molecular complexity index is 449. The summed E-state index contributed by atoms with van der Waals surface area (Å²) in [6.07, 6.45) is 0. The fraction of sp³-hybridized carbons (Fsp3) is 0.286. The lowest BCUT2D eigenvalue weighted by molar-refractivity contribution is 0.402. The molecule has 1 heterocycles. The third-order valence-corrected chi connectivity index (χ3v) is 3.35. The molecule has 0 aliphatic rings. The topological polar surface area (TPSA) is 15.3 Å². The van der Waals surface area contributed by atoms with Gasteiger partial charge < -0.3 is 10.2 Å². The highest BCUT2D eigenvalue weighted by atomic mass is 32.1. The van der Waals surface area contributed by atoms with Crippen LogP contribution in [0.3, 0.4) is 0 Å². The Hall–Kier alpha value is -1.32. The van der Waals surface area contributed by atoms with E-state index in [2.05, 4.69) is 66.1 Å². The summed E-state index contributed by atoms with van der Waals surface area (Å²) in [5.41, 5.74) is 2.53. The average molecular weight is 246 g/mol. The number of hydrogen-bond donors (Lipinski definition) is 1. The highest BCUT2D eigenvalue weighted by molar-refractivity contribution is 7.09. The molecule has 2 aromatic rings. The Morgan fingerprint density at radius 2 is 2.06 bits per heavy atom. The van der Waals surface area contributed by atoms with Crippen LogP contribution in [-0.4, -0.2) is 19.0 Å². The van der Waals surface area contributed by atoms with Crippen molar-refractivity contribution in [3.8, 4) is 0 Å².